The van der Waals surface area contributed by atoms with Gasteiger partial charge in [-0.2, -0.15) is 0 Å². The number of rotatable bonds is 6. The first-order chi connectivity index (χ1) is 10.6. The van der Waals surface area contributed by atoms with Gasteiger partial charge in [0.15, 0.2) is 5.78 Å². The van der Waals surface area contributed by atoms with Crippen LogP contribution in [0.1, 0.15) is 39.6 Å². The number of ether oxygens (including phenoxy) is 1. The highest BCUT2D eigenvalue weighted by Gasteiger charge is 2.05. The molecule has 0 atom stereocenters. The van der Waals surface area contributed by atoms with Crippen LogP contribution in [0.4, 0.5) is 0 Å². The third kappa shape index (κ3) is 4.21. The normalized spacial score (nSPS) is 10.3. The molecule has 0 unspecified atom stereocenters. The van der Waals surface area contributed by atoms with Gasteiger partial charge in [0.1, 0.15) is 0 Å². The lowest BCUT2D eigenvalue weighted by atomic mass is 10.1. The summed E-state index contributed by atoms with van der Waals surface area (Å²) in [5, 5.41) is 0. The van der Waals surface area contributed by atoms with Crippen LogP contribution in [-0.4, -0.2) is 18.9 Å². The van der Waals surface area contributed by atoms with E-state index in [9.17, 15) is 9.59 Å². The minimum Gasteiger partial charge on any atom is -0.465 e. The number of carbonyl (C=O) groups is 2. The molecule has 4 heteroatoms. The van der Waals surface area contributed by atoms with E-state index in [2.05, 4.69) is 4.74 Å². The lowest BCUT2D eigenvalue weighted by Crippen LogP contribution is -2.00. The van der Waals surface area contributed by atoms with Gasteiger partial charge in [0.2, 0.25) is 0 Å². The first-order valence-corrected chi connectivity index (χ1v) is 8.06. The van der Waals surface area contributed by atoms with Crippen LogP contribution in [-0.2, 0) is 10.5 Å². The summed E-state index contributed by atoms with van der Waals surface area (Å²) in [5.74, 6) is 0.646. The fraction of sp³-hybridized carbons (Fsp3) is 0.222. The molecule has 0 saturated carbocycles. The van der Waals surface area contributed by atoms with Gasteiger partial charge >= 0.3 is 5.97 Å². The van der Waals surface area contributed by atoms with E-state index in [1.807, 2.05) is 43.3 Å². The van der Waals surface area contributed by atoms with Crippen molar-refractivity contribution in [3.63, 3.8) is 0 Å². The van der Waals surface area contributed by atoms with Crippen LogP contribution in [0.15, 0.2) is 53.4 Å². The van der Waals surface area contributed by atoms with Crippen LogP contribution >= 0.6 is 11.8 Å². The predicted molar refractivity (Wildman–Crippen MR) is 88.4 cm³/mol. The van der Waals surface area contributed by atoms with Crippen LogP contribution in [0.3, 0.4) is 0 Å². The molecule has 0 radical (unpaired) electrons. The molecule has 0 bridgehead atoms. The van der Waals surface area contributed by atoms with E-state index in [0.717, 1.165) is 21.8 Å². The van der Waals surface area contributed by atoms with E-state index < -0.39 is 0 Å². The highest BCUT2D eigenvalue weighted by atomic mass is 32.2. The maximum Gasteiger partial charge on any atom is 0.337 e. The Morgan fingerprint density at radius 2 is 1.55 bits per heavy atom. The molecule has 0 aliphatic heterocycles. The van der Waals surface area contributed by atoms with Crippen molar-refractivity contribution in [2.75, 3.05) is 7.11 Å². The largest absolute Gasteiger partial charge is 0.465 e. The number of hydrogen-bond acceptors (Lipinski definition) is 4. The Morgan fingerprint density at radius 3 is 2.09 bits per heavy atom. The zero-order chi connectivity index (χ0) is 15.9. The van der Waals surface area contributed by atoms with Crippen LogP contribution in [0.2, 0.25) is 0 Å². The predicted octanol–water partition coefficient (Wildman–Crippen LogP) is 4.36. The van der Waals surface area contributed by atoms with Gasteiger partial charge in [-0.05, 0) is 29.8 Å². The minimum atomic E-state index is -0.324. The van der Waals surface area contributed by atoms with Crippen molar-refractivity contribution < 1.29 is 14.3 Å². The molecule has 2 rings (SSSR count). The Kier molecular flexibility index (Phi) is 5.78. The van der Waals surface area contributed by atoms with Gasteiger partial charge in [-0.15, -0.1) is 11.8 Å². The molecule has 0 aliphatic carbocycles. The second kappa shape index (κ2) is 7.80. The molecule has 0 N–H and O–H groups in total. The van der Waals surface area contributed by atoms with Gasteiger partial charge in [0.25, 0.3) is 0 Å². The lowest BCUT2D eigenvalue weighted by molar-refractivity contribution is 0.0600. The summed E-state index contributed by atoms with van der Waals surface area (Å²) < 4.78 is 4.67. The molecule has 0 fully saturated rings. The minimum absolute atomic E-state index is 0.162. The van der Waals surface area contributed by atoms with Gasteiger partial charge in [-0.25, -0.2) is 4.79 Å². The quantitative estimate of drug-likeness (QED) is 0.451. The summed E-state index contributed by atoms with van der Waals surface area (Å²) in [7, 11) is 1.37. The monoisotopic (exact) mass is 314 g/mol. The van der Waals surface area contributed by atoms with Crippen molar-refractivity contribution in [3.05, 3.63) is 65.2 Å². The van der Waals surface area contributed by atoms with Gasteiger partial charge in [0.05, 0.1) is 12.7 Å². The topological polar surface area (TPSA) is 43.4 Å². The molecule has 22 heavy (non-hydrogen) atoms. The number of ketones is 1. The Labute approximate surface area is 134 Å². The zero-order valence-corrected chi connectivity index (χ0v) is 13.5. The second-order valence-electron chi connectivity index (χ2n) is 4.78. The van der Waals surface area contributed by atoms with Crippen molar-refractivity contribution in [1.29, 1.82) is 0 Å². The van der Waals surface area contributed by atoms with Crippen LogP contribution in [0, 0.1) is 0 Å². The molecule has 0 amide bonds. The molecule has 2 aromatic rings. The second-order valence-corrected chi connectivity index (χ2v) is 5.83. The molecule has 0 spiro atoms. The standard InChI is InChI=1S/C18H18O3S/c1-3-17(19)14-8-10-16(11-9-14)22-12-13-4-6-15(7-5-13)18(20)21-2/h4-11H,3,12H2,1-2H3. The molecular formula is C18H18O3S. The number of methoxy groups -OCH3 is 1. The number of esters is 1. The Hall–Kier alpha value is -2.07. The van der Waals surface area contributed by atoms with E-state index in [1.165, 1.54) is 7.11 Å². The maximum atomic E-state index is 11.6. The van der Waals surface area contributed by atoms with Crippen molar-refractivity contribution in [2.45, 2.75) is 24.0 Å². The van der Waals surface area contributed by atoms with Gasteiger partial charge < -0.3 is 4.74 Å². The summed E-state index contributed by atoms with van der Waals surface area (Å²) in [4.78, 5) is 24.0. The molecule has 3 nitrogen and oxygen atoms in total. The Balaban J connectivity index is 1.95. The molecule has 0 aliphatic rings. The van der Waals surface area contributed by atoms with E-state index in [0.29, 0.717) is 12.0 Å². The SMILES string of the molecule is CCC(=O)c1ccc(SCc2ccc(C(=O)OC)cc2)cc1. The number of benzene rings is 2. The number of hydrogen-bond donors (Lipinski definition) is 0. The lowest BCUT2D eigenvalue weighted by Gasteiger charge is -2.05. The van der Waals surface area contributed by atoms with E-state index in [4.69, 9.17) is 0 Å². The maximum absolute atomic E-state index is 11.6. The smallest absolute Gasteiger partial charge is 0.337 e. The molecular weight excluding hydrogens is 296 g/mol. The van der Waals surface area contributed by atoms with Crippen molar-refractivity contribution in [2.24, 2.45) is 0 Å². The Bertz CT molecular complexity index is 586. The van der Waals surface area contributed by atoms with E-state index in [1.54, 1.807) is 23.9 Å². The van der Waals surface area contributed by atoms with Gasteiger partial charge in [-0.3, -0.25) is 4.79 Å². The summed E-state index contributed by atoms with van der Waals surface area (Å²) in [6.07, 6.45) is 0.527. The average Bonchev–Trinajstić information content (AvgIpc) is 2.59. The highest BCUT2D eigenvalue weighted by Crippen LogP contribution is 2.23. The average molecular weight is 314 g/mol. The Morgan fingerprint density at radius 1 is 0.955 bits per heavy atom. The van der Waals surface area contributed by atoms with Crippen LogP contribution < -0.4 is 0 Å². The summed E-state index contributed by atoms with van der Waals surface area (Å²) in [6.45, 7) is 1.86. The number of thioether (sulfide) groups is 1. The van der Waals surface area contributed by atoms with Crippen molar-refractivity contribution in [1.82, 2.24) is 0 Å². The van der Waals surface area contributed by atoms with Crippen LogP contribution in [0.25, 0.3) is 0 Å². The molecule has 0 heterocycles. The first-order valence-electron chi connectivity index (χ1n) is 7.07. The number of Topliss-reactive ketones (excluding diaryl/α,β-unsaturated/α-hetero) is 1. The van der Waals surface area contributed by atoms with Gasteiger partial charge in [0, 0.05) is 22.6 Å². The molecule has 0 saturated heterocycles. The van der Waals surface area contributed by atoms with Crippen molar-refractivity contribution in [3.8, 4) is 0 Å². The highest BCUT2D eigenvalue weighted by molar-refractivity contribution is 7.98. The van der Waals surface area contributed by atoms with Crippen molar-refractivity contribution >= 4 is 23.5 Å². The number of carbonyl (C=O) groups excluding carboxylic acids is 2. The third-order valence-corrected chi connectivity index (χ3v) is 4.36. The summed E-state index contributed by atoms with van der Waals surface area (Å²) in [5.41, 5.74) is 2.44. The first kappa shape index (κ1) is 16.3. The summed E-state index contributed by atoms with van der Waals surface area (Å²) >= 11 is 1.69. The molecule has 0 aromatic heterocycles. The third-order valence-electron chi connectivity index (χ3n) is 3.28. The summed E-state index contributed by atoms with van der Waals surface area (Å²) in [6, 6.07) is 15.1. The van der Waals surface area contributed by atoms with Crippen LogP contribution in [0.5, 0.6) is 0 Å². The van der Waals surface area contributed by atoms with E-state index in [-0.39, 0.29) is 11.8 Å². The molecule has 2 aromatic carbocycles. The van der Waals surface area contributed by atoms with E-state index >= 15 is 0 Å². The zero-order valence-electron chi connectivity index (χ0n) is 12.7. The van der Waals surface area contributed by atoms with Gasteiger partial charge in [-0.1, -0.05) is 31.2 Å². The fourth-order valence-corrected chi connectivity index (χ4v) is 2.82. The molecule has 114 valence electrons. The fourth-order valence-electron chi connectivity index (χ4n) is 1.96.